The van der Waals surface area contributed by atoms with Gasteiger partial charge in [-0.05, 0) is 43.5 Å². The lowest BCUT2D eigenvalue weighted by Crippen LogP contribution is -2.18. The molecule has 0 bridgehead atoms. The Bertz CT molecular complexity index is 588. The Morgan fingerprint density at radius 2 is 2.17 bits per heavy atom. The maximum absolute atomic E-state index is 6.02. The molecule has 1 aliphatic rings. The molecule has 1 aromatic carbocycles. The Hall–Kier alpha value is -1.88. The predicted octanol–water partition coefficient (Wildman–Crippen LogP) is 2.00. The normalized spacial score (nSPS) is 16.6. The number of hydrogen-bond donors (Lipinski definition) is 1. The topological polar surface area (TPSA) is 74.2 Å². The Morgan fingerprint density at radius 1 is 1.39 bits per heavy atom. The number of hydrogen-bond acceptors (Lipinski definition) is 5. The molecule has 1 aromatic heterocycles. The van der Waals surface area contributed by atoms with Crippen LogP contribution in [0.15, 0.2) is 22.7 Å². The van der Waals surface area contributed by atoms with E-state index in [9.17, 15) is 0 Å². The lowest BCUT2D eigenvalue weighted by molar-refractivity contribution is 0.348. The Balaban J connectivity index is 1.95. The maximum atomic E-state index is 6.02. The molecule has 1 fully saturated rings. The first-order chi connectivity index (χ1) is 8.62. The van der Waals surface area contributed by atoms with Crippen molar-refractivity contribution in [3.63, 3.8) is 0 Å². The molecule has 0 unspecified atom stereocenters. The van der Waals surface area contributed by atoms with Gasteiger partial charge in [0.25, 0.3) is 0 Å². The van der Waals surface area contributed by atoms with E-state index in [1.54, 1.807) is 7.11 Å². The fourth-order valence-corrected chi connectivity index (χ4v) is 1.91. The number of aryl methyl sites for hydroxylation is 1. The molecule has 1 heterocycles. The average molecular weight is 245 g/mol. The highest BCUT2D eigenvalue weighted by molar-refractivity contribution is 5.58. The molecule has 0 spiro atoms. The minimum absolute atomic E-state index is 0.382. The van der Waals surface area contributed by atoms with Crippen molar-refractivity contribution in [1.29, 1.82) is 0 Å². The smallest absolute Gasteiger partial charge is 0.247 e. The van der Waals surface area contributed by atoms with E-state index in [4.69, 9.17) is 15.0 Å². The number of aromatic nitrogens is 2. The molecule has 0 atom stereocenters. The van der Waals surface area contributed by atoms with Crippen LogP contribution in [0.3, 0.4) is 0 Å². The van der Waals surface area contributed by atoms with Crippen LogP contribution >= 0.6 is 0 Å². The third kappa shape index (κ3) is 1.76. The van der Waals surface area contributed by atoms with Gasteiger partial charge in [0.05, 0.1) is 12.6 Å². The second-order valence-corrected chi connectivity index (χ2v) is 4.76. The molecule has 2 N–H and O–H groups in total. The molecular formula is C13H15N3O2. The molecule has 1 saturated carbocycles. The van der Waals surface area contributed by atoms with Gasteiger partial charge in [-0.15, -0.1) is 0 Å². The van der Waals surface area contributed by atoms with Crippen molar-refractivity contribution in [2.45, 2.75) is 25.3 Å². The highest BCUT2D eigenvalue weighted by Gasteiger charge is 2.45. The lowest BCUT2D eigenvalue weighted by atomic mass is 10.1. The third-order valence-electron chi connectivity index (χ3n) is 3.29. The largest absolute Gasteiger partial charge is 0.496 e. The van der Waals surface area contributed by atoms with Crippen molar-refractivity contribution < 1.29 is 9.26 Å². The Labute approximate surface area is 105 Å². The van der Waals surface area contributed by atoms with Gasteiger partial charge in [0, 0.05) is 5.56 Å². The van der Waals surface area contributed by atoms with Crippen LogP contribution in [-0.4, -0.2) is 17.3 Å². The number of ether oxygens (including phenoxy) is 1. The molecular weight excluding hydrogens is 230 g/mol. The van der Waals surface area contributed by atoms with Crippen LogP contribution in [0, 0.1) is 6.92 Å². The Morgan fingerprint density at radius 3 is 2.78 bits per heavy atom. The molecule has 5 nitrogen and oxygen atoms in total. The van der Waals surface area contributed by atoms with Crippen LogP contribution in [-0.2, 0) is 5.54 Å². The highest BCUT2D eigenvalue weighted by atomic mass is 16.5. The van der Waals surface area contributed by atoms with Gasteiger partial charge in [-0.1, -0.05) is 5.16 Å². The summed E-state index contributed by atoms with van der Waals surface area (Å²) in [6.45, 7) is 1.98. The van der Waals surface area contributed by atoms with E-state index in [0.717, 1.165) is 29.7 Å². The monoisotopic (exact) mass is 245 g/mol. The molecule has 0 radical (unpaired) electrons. The summed E-state index contributed by atoms with van der Waals surface area (Å²) in [7, 11) is 1.65. The van der Waals surface area contributed by atoms with Crippen LogP contribution in [0.2, 0.25) is 0 Å². The van der Waals surface area contributed by atoms with Crippen molar-refractivity contribution in [3.8, 4) is 17.1 Å². The molecule has 2 aromatic rings. The van der Waals surface area contributed by atoms with Gasteiger partial charge in [0.2, 0.25) is 11.7 Å². The summed E-state index contributed by atoms with van der Waals surface area (Å²) in [4.78, 5) is 4.37. The van der Waals surface area contributed by atoms with E-state index in [-0.39, 0.29) is 5.54 Å². The Kier molecular flexibility index (Phi) is 2.38. The van der Waals surface area contributed by atoms with Crippen LogP contribution in [0.5, 0.6) is 5.75 Å². The zero-order valence-corrected chi connectivity index (χ0v) is 10.4. The molecule has 1 aliphatic carbocycles. The summed E-state index contributed by atoms with van der Waals surface area (Å²) in [6.07, 6.45) is 1.83. The van der Waals surface area contributed by atoms with Gasteiger partial charge in [0.1, 0.15) is 5.75 Å². The second kappa shape index (κ2) is 3.81. The number of methoxy groups -OCH3 is 1. The lowest BCUT2D eigenvalue weighted by Gasteiger charge is -2.04. The van der Waals surface area contributed by atoms with Gasteiger partial charge < -0.3 is 15.0 Å². The van der Waals surface area contributed by atoms with Gasteiger partial charge in [-0.2, -0.15) is 4.98 Å². The van der Waals surface area contributed by atoms with Crippen molar-refractivity contribution in [2.24, 2.45) is 5.73 Å². The van der Waals surface area contributed by atoms with E-state index in [2.05, 4.69) is 10.1 Å². The minimum Gasteiger partial charge on any atom is -0.496 e. The second-order valence-electron chi connectivity index (χ2n) is 4.76. The molecule has 3 rings (SSSR count). The zero-order chi connectivity index (χ0) is 12.8. The minimum atomic E-state index is -0.382. The zero-order valence-electron chi connectivity index (χ0n) is 10.4. The number of nitrogens with zero attached hydrogens (tertiary/aromatic N) is 2. The van der Waals surface area contributed by atoms with Crippen LogP contribution in [0.25, 0.3) is 11.4 Å². The van der Waals surface area contributed by atoms with Gasteiger partial charge in [-0.25, -0.2) is 0 Å². The van der Waals surface area contributed by atoms with E-state index in [1.165, 1.54) is 0 Å². The number of nitrogens with two attached hydrogens (primary N) is 1. The molecule has 0 amide bonds. The van der Waals surface area contributed by atoms with E-state index in [1.807, 2.05) is 25.1 Å². The van der Waals surface area contributed by atoms with Crippen molar-refractivity contribution in [1.82, 2.24) is 10.1 Å². The maximum Gasteiger partial charge on any atom is 0.247 e. The quantitative estimate of drug-likeness (QED) is 0.895. The summed E-state index contributed by atoms with van der Waals surface area (Å²) in [5.74, 6) is 1.96. The van der Waals surface area contributed by atoms with E-state index >= 15 is 0 Å². The van der Waals surface area contributed by atoms with Crippen LogP contribution in [0.1, 0.15) is 24.3 Å². The fraction of sp³-hybridized carbons (Fsp3) is 0.385. The molecule has 94 valence electrons. The average Bonchev–Trinajstić information content (AvgIpc) is 2.94. The van der Waals surface area contributed by atoms with Crippen LogP contribution < -0.4 is 10.5 Å². The first-order valence-electron chi connectivity index (χ1n) is 5.90. The van der Waals surface area contributed by atoms with Gasteiger partial charge in [0.15, 0.2) is 0 Å². The summed E-state index contributed by atoms with van der Waals surface area (Å²) in [6, 6.07) is 5.79. The van der Waals surface area contributed by atoms with Gasteiger partial charge in [-0.3, -0.25) is 0 Å². The molecule has 0 saturated heterocycles. The van der Waals surface area contributed by atoms with Gasteiger partial charge >= 0.3 is 0 Å². The summed E-state index contributed by atoms with van der Waals surface area (Å²) < 4.78 is 10.4. The van der Waals surface area contributed by atoms with Crippen molar-refractivity contribution in [3.05, 3.63) is 29.7 Å². The van der Waals surface area contributed by atoms with E-state index < -0.39 is 0 Å². The summed E-state index contributed by atoms with van der Waals surface area (Å²) >= 11 is 0. The molecule has 0 aliphatic heterocycles. The SMILES string of the molecule is COc1ccc(-c2noc(C3(N)CC3)n2)cc1C. The fourth-order valence-electron chi connectivity index (χ4n) is 1.91. The highest BCUT2D eigenvalue weighted by Crippen LogP contribution is 2.42. The predicted molar refractivity (Wildman–Crippen MR) is 66.1 cm³/mol. The first kappa shape index (κ1) is 11.2. The summed E-state index contributed by atoms with van der Waals surface area (Å²) in [5, 5.41) is 3.98. The van der Waals surface area contributed by atoms with E-state index in [0.29, 0.717) is 11.7 Å². The van der Waals surface area contributed by atoms with Crippen molar-refractivity contribution >= 4 is 0 Å². The van der Waals surface area contributed by atoms with Crippen LogP contribution in [0.4, 0.5) is 0 Å². The standard InChI is InChI=1S/C13H15N3O2/c1-8-7-9(3-4-10(8)17-2)11-15-12(18-16-11)13(14)5-6-13/h3-4,7H,5-6,14H2,1-2H3. The number of rotatable bonds is 3. The molecule has 18 heavy (non-hydrogen) atoms. The number of benzene rings is 1. The summed E-state index contributed by atoms with van der Waals surface area (Å²) in [5.41, 5.74) is 7.58. The molecule has 5 heteroatoms. The third-order valence-corrected chi connectivity index (χ3v) is 3.29. The first-order valence-corrected chi connectivity index (χ1v) is 5.90. The van der Waals surface area contributed by atoms with Crippen molar-refractivity contribution in [2.75, 3.05) is 7.11 Å².